The number of aryl methyl sites for hydroxylation is 1. The van der Waals surface area contributed by atoms with Crippen LogP contribution in [0.25, 0.3) is 0 Å². The summed E-state index contributed by atoms with van der Waals surface area (Å²) in [6, 6.07) is 9.78. The van der Waals surface area contributed by atoms with Gasteiger partial charge in [0.25, 0.3) is 0 Å². The lowest BCUT2D eigenvalue weighted by molar-refractivity contribution is 0.328. The second kappa shape index (κ2) is 8.14. The minimum atomic E-state index is 0.189. The fraction of sp³-hybridized carbons (Fsp3) is 0.222. The Balaban J connectivity index is 2.15. The number of hydrogen-bond acceptors (Lipinski definition) is 3. The summed E-state index contributed by atoms with van der Waals surface area (Å²) in [6.07, 6.45) is 5.23. The lowest BCUT2D eigenvalue weighted by Gasteiger charge is -2.14. The first kappa shape index (κ1) is 17.5. The topological polar surface area (TPSA) is 30.5 Å². The Labute approximate surface area is 150 Å². The Morgan fingerprint density at radius 3 is 2.74 bits per heavy atom. The van der Waals surface area contributed by atoms with E-state index in [-0.39, 0.29) is 6.61 Å². The molecule has 3 nitrogen and oxygen atoms in total. The molecule has 0 saturated carbocycles. The van der Waals surface area contributed by atoms with Gasteiger partial charge in [0, 0.05) is 17.3 Å². The first-order chi connectivity index (χ1) is 11.0. The van der Waals surface area contributed by atoms with Crippen molar-refractivity contribution in [1.29, 1.82) is 0 Å². The van der Waals surface area contributed by atoms with E-state index in [1.807, 2.05) is 37.3 Å². The van der Waals surface area contributed by atoms with Gasteiger partial charge in [0.2, 0.25) is 0 Å². The van der Waals surface area contributed by atoms with Gasteiger partial charge < -0.3 is 14.8 Å². The van der Waals surface area contributed by atoms with Gasteiger partial charge in [0.1, 0.15) is 6.61 Å². The van der Waals surface area contributed by atoms with Crippen LogP contribution in [0.1, 0.15) is 11.1 Å². The van der Waals surface area contributed by atoms with Gasteiger partial charge in [0.05, 0.1) is 11.6 Å². The van der Waals surface area contributed by atoms with Crippen LogP contribution in [0.15, 0.2) is 34.8 Å². The van der Waals surface area contributed by atoms with Gasteiger partial charge in [-0.1, -0.05) is 23.6 Å². The Kier molecular flexibility index (Phi) is 6.20. The van der Waals surface area contributed by atoms with Crippen LogP contribution in [-0.2, 0) is 6.54 Å². The Bertz CT molecular complexity index is 741. The molecule has 0 amide bonds. The van der Waals surface area contributed by atoms with Crippen LogP contribution in [0, 0.1) is 19.3 Å². The Morgan fingerprint density at radius 2 is 2.09 bits per heavy atom. The van der Waals surface area contributed by atoms with Gasteiger partial charge >= 0.3 is 0 Å². The highest BCUT2D eigenvalue weighted by Crippen LogP contribution is 2.36. The molecule has 2 aromatic carbocycles. The Hall–Kier alpha value is -1.83. The van der Waals surface area contributed by atoms with Crippen molar-refractivity contribution in [2.75, 3.05) is 19.0 Å². The van der Waals surface area contributed by atoms with Gasteiger partial charge in [-0.15, -0.1) is 6.42 Å². The molecule has 0 atom stereocenters. The van der Waals surface area contributed by atoms with Crippen molar-refractivity contribution in [3.05, 3.63) is 51.0 Å². The molecule has 0 radical (unpaired) electrons. The highest BCUT2D eigenvalue weighted by Gasteiger charge is 2.11. The maximum absolute atomic E-state index is 6.14. The molecular weight excluding hydrogens is 378 g/mol. The quantitative estimate of drug-likeness (QED) is 0.696. The number of rotatable bonds is 6. The largest absolute Gasteiger partial charge is 0.493 e. The lowest BCUT2D eigenvalue weighted by atomic mass is 10.2. The van der Waals surface area contributed by atoms with E-state index < -0.39 is 0 Å². The van der Waals surface area contributed by atoms with E-state index in [0.717, 1.165) is 26.3 Å². The van der Waals surface area contributed by atoms with Crippen molar-refractivity contribution in [3.63, 3.8) is 0 Å². The zero-order valence-corrected chi connectivity index (χ0v) is 15.3. The van der Waals surface area contributed by atoms with Gasteiger partial charge in [-0.05, 0) is 58.2 Å². The van der Waals surface area contributed by atoms with E-state index in [2.05, 4.69) is 27.2 Å². The normalized spacial score (nSPS) is 10.0. The van der Waals surface area contributed by atoms with E-state index in [1.165, 1.54) is 0 Å². The fourth-order valence-electron chi connectivity index (χ4n) is 2.04. The smallest absolute Gasteiger partial charge is 0.176 e. The molecule has 0 spiro atoms. The van der Waals surface area contributed by atoms with Crippen molar-refractivity contribution in [2.24, 2.45) is 0 Å². The molecule has 0 aliphatic rings. The third-order valence-electron chi connectivity index (χ3n) is 3.26. The highest BCUT2D eigenvalue weighted by atomic mass is 79.9. The molecule has 0 aromatic heterocycles. The molecule has 120 valence electrons. The van der Waals surface area contributed by atoms with Crippen LogP contribution in [0.2, 0.25) is 5.02 Å². The molecule has 1 N–H and O–H groups in total. The molecule has 0 unspecified atom stereocenters. The van der Waals surface area contributed by atoms with Crippen LogP contribution < -0.4 is 14.8 Å². The molecular formula is C18H17BrClNO2. The minimum Gasteiger partial charge on any atom is -0.493 e. The Morgan fingerprint density at radius 1 is 1.30 bits per heavy atom. The second-order valence-electron chi connectivity index (χ2n) is 4.92. The van der Waals surface area contributed by atoms with Crippen molar-refractivity contribution in [2.45, 2.75) is 13.5 Å². The average molecular weight is 395 g/mol. The summed E-state index contributed by atoms with van der Waals surface area (Å²) in [5.41, 5.74) is 3.05. The SMILES string of the molecule is C#CCOc1c(Br)cc(CNc2ccc(C)c(Cl)c2)cc1OC. The van der Waals surface area contributed by atoms with Crippen molar-refractivity contribution in [1.82, 2.24) is 0 Å². The van der Waals surface area contributed by atoms with E-state index in [9.17, 15) is 0 Å². The summed E-state index contributed by atoms with van der Waals surface area (Å²) in [4.78, 5) is 0. The van der Waals surface area contributed by atoms with E-state index in [0.29, 0.717) is 18.0 Å². The number of benzene rings is 2. The van der Waals surface area contributed by atoms with Crippen molar-refractivity contribution in [3.8, 4) is 23.8 Å². The molecule has 0 heterocycles. The summed E-state index contributed by atoms with van der Waals surface area (Å²) < 4.78 is 11.7. The van der Waals surface area contributed by atoms with Gasteiger partial charge in [-0.25, -0.2) is 0 Å². The molecule has 0 aliphatic carbocycles. The molecule has 0 aliphatic heterocycles. The number of anilines is 1. The zero-order chi connectivity index (χ0) is 16.8. The second-order valence-corrected chi connectivity index (χ2v) is 6.18. The van der Waals surface area contributed by atoms with Gasteiger partial charge in [-0.3, -0.25) is 0 Å². The molecule has 2 rings (SSSR count). The van der Waals surface area contributed by atoms with E-state index >= 15 is 0 Å². The standard InChI is InChI=1S/C18H17BrClNO2/c1-4-7-23-18-15(19)8-13(9-17(18)22-3)11-21-14-6-5-12(2)16(20)10-14/h1,5-6,8-10,21H,7,11H2,2-3H3. The molecule has 2 aromatic rings. The first-order valence-corrected chi connectivity index (χ1v) is 8.15. The summed E-state index contributed by atoms with van der Waals surface area (Å²) in [5, 5.41) is 4.08. The lowest BCUT2D eigenvalue weighted by Crippen LogP contribution is -2.02. The van der Waals surface area contributed by atoms with E-state index in [1.54, 1.807) is 7.11 Å². The van der Waals surface area contributed by atoms with Crippen LogP contribution >= 0.6 is 27.5 Å². The molecule has 0 bridgehead atoms. The predicted molar refractivity (Wildman–Crippen MR) is 98.5 cm³/mol. The average Bonchev–Trinajstić information content (AvgIpc) is 2.54. The van der Waals surface area contributed by atoms with Crippen LogP contribution in [0.3, 0.4) is 0 Å². The first-order valence-electron chi connectivity index (χ1n) is 6.98. The number of ether oxygens (including phenoxy) is 2. The predicted octanol–water partition coefficient (Wildman–Crippen LogP) is 5.04. The third-order valence-corrected chi connectivity index (χ3v) is 4.25. The number of methoxy groups -OCH3 is 1. The number of halogens is 2. The van der Waals surface area contributed by atoms with Crippen LogP contribution in [0.5, 0.6) is 11.5 Å². The molecule has 5 heteroatoms. The third kappa shape index (κ3) is 4.57. The number of nitrogens with one attached hydrogen (secondary N) is 1. The summed E-state index contributed by atoms with van der Waals surface area (Å²) in [6.45, 7) is 2.79. The molecule has 0 fully saturated rings. The monoisotopic (exact) mass is 393 g/mol. The van der Waals surface area contributed by atoms with Crippen LogP contribution in [0.4, 0.5) is 5.69 Å². The zero-order valence-electron chi connectivity index (χ0n) is 13.0. The number of hydrogen-bond donors (Lipinski definition) is 1. The van der Waals surface area contributed by atoms with Crippen molar-refractivity contribution < 1.29 is 9.47 Å². The molecule has 0 saturated heterocycles. The van der Waals surface area contributed by atoms with Crippen LogP contribution in [-0.4, -0.2) is 13.7 Å². The summed E-state index contributed by atoms with van der Waals surface area (Å²) in [5.74, 6) is 3.68. The van der Waals surface area contributed by atoms with E-state index in [4.69, 9.17) is 27.5 Å². The molecule has 23 heavy (non-hydrogen) atoms. The van der Waals surface area contributed by atoms with Crippen molar-refractivity contribution >= 4 is 33.2 Å². The maximum atomic E-state index is 6.14. The van der Waals surface area contributed by atoms with Gasteiger partial charge in [0.15, 0.2) is 11.5 Å². The van der Waals surface area contributed by atoms with Gasteiger partial charge in [-0.2, -0.15) is 0 Å². The minimum absolute atomic E-state index is 0.189. The summed E-state index contributed by atoms with van der Waals surface area (Å²) in [7, 11) is 1.60. The maximum Gasteiger partial charge on any atom is 0.176 e. The fourth-order valence-corrected chi connectivity index (χ4v) is 2.82. The summed E-state index contributed by atoms with van der Waals surface area (Å²) >= 11 is 9.63. The number of terminal acetylenes is 1. The highest BCUT2D eigenvalue weighted by molar-refractivity contribution is 9.10.